The van der Waals surface area contributed by atoms with Gasteiger partial charge in [-0.2, -0.15) is 0 Å². The van der Waals surface area contributed by atoms with Crippen molar-refractivity contribution in [2.45, 2.75) is 32.6 Å². The number of hydrogen-bond acceptors (Lipinski definition) is 4. The van der Waals surface area contributed by atoms with E-state index in [2.05, 4.69) is 33.9 Å². The molecule has 29 heavy (non-hydrogen) atoms. The number of nitrogens with zero attached hydrogens (tertiary/aromatic N) is 2. The summed E-state index contributed by atoms with van der Waals surface area (Å²) in [6.45, 7) is 6.26. The van der Waals surface area contributed by atoms with E-state index in [4.69, 9.17) is 4.74 Å². The van der Waals surface area contributed by atoms with Gasteiger partial charge in [0.1, 0.15) is 0 Å². The summed E-state index contributed by atoms with van der Waals surface area (Å²) in [6, 6.07) is 0. The SMILES string of the molecule is CCNC(=NCCCN1C(=O)C2C3C=CC(C3)C2C1=O)NCCC1=CCOCC1. The number of hydrogen-bond donors (Lipinski definition) is 2. The van der Waals surface area contributed by atoms with E-state index in [0.717, 1.165) is 51.5 Å². The van der Waals surface area contributed by atoms with Crippen LogP contribution in [0.4, 0.5) is 0 Å². The molecule has 7 heteroatoms. The van der Waals surface area contributed by atoms with Crippen LogP contribution in [0.25, 0.3) is 0 Å². The lowest BCUT2D eigenvalue weighted by Crippen LogP contribution is -2.38. The van der Waals surface area contributed by atoms with E-state index in [9.17, 15) is 9.59 Å². The predicted octanol–water partition coefficient (Wildman–Crippen LogP) is 1.48. The summed E-state index contributed by atoms with van der Waals surface area (Å²) in [7, 11) is 0. The first-order valence-corrected chi connectivity index (χ1v) is 11.0. The van der Waals surface area contributed by atoms with Crippen LogP contribution < -0.4 is 10.6 Å². The fraction of sp³-hybridized carbons (Fsp3) is 0.682. The Bertz CT molecular complexity index is 700. The van der Waals surface area contributed by atoms with Crippen LogP contribution in [0.15, 0.2) is 28.8 Å². The van der Waals surface area contributed by atoms with Gasteiger partial charge in [-0.1, -0.05) is 23.8 Å². The maximum Gasteiger partial charge on any atom is 0.233 e. The van der Waals surface area contributed by atoms with Gasteiger partial charge in [-0.25, -0.2) is 0 Å². The third kappa shape index (κ3) is 4.25. The number of fused-ring (bicyclic) bond motifs is 5. The molecule has 2 N–H and O–H groups in total. The molecule has 1 saturated heterocycles. The summed E-state index contributed by atoms with van der Waals surface area (Å²) in [5.74, 6) is 1.23. The highest BCUT2D eigenvalue weighted by atomic mass is 16.5. The molecule has 2 aliphatic heterocycles. The van der Waals surface area contributed by atoms with Crippen molar-refractivity contribution in [3.05, 3.63) is 23.8 Å². The molecule has 2 bridgehead atoms. The van der Waals surface area contributed by atoms with Crippen molar-refractivity contribution in [1.82, 2.24) is 15.5 Å². The van der Waals surface area contributed by atoms with Gasteiger partial charge in [-0.05, 0) is 44.4 Å². The number of carbonyl (C=O) groups excluding carboxylic acids is 2. The smallest absolute Gasteiger partial charge is 0.233 e. The molecule has 158 valence electrons. The van der Waals surface area contributed by atoms with Crippen molar-refractivity contribution in [3.8, 4) is 0 Å². The molecule has 4 unspecified atom stereocenters. The molecule has 7 nitrogen and oxygen atoms in total. The van der Waals surface area contributed by atoms with Crippen molar-refractivity contribution in [2.75, 3.05) is 39.4 Å². The minimum Gasteiger partial charge on any atom is -0.377 e. The Labute approximate surface area is 172 Å². The Kier molecular flexibility index (Phi) is 6.33. The van der Waals surface area contributed by atoms with Gasteiger partial charge >= 0.3 is 0 Å². The van der Waals surface area contributed by atoms with Gasteiger partial charge in [-0.15, -0.1) is 0 Å². The summed E-state index contributed by atoms with van der Waals surface area (Å²) >= 11 is 0. The largest absolute Gasteiger partial charge is 0.377 e. The van der Waals surface area contributed by atoms with E-state index in [1.165, 1.54) is 10.5 Å². The van der Waals surface area contributed by atoms with Gasteiger partial charge in [0.2, 0.25) is 11.8 Å². The first-order valence-electron chi connectivity index (χ1n) is 11.0. The third-order valence-corrected chi connectivity index (χ3v) is 6.51. The molecule has 2 heterocycles. The summed E-state index contributed by atoms with van der Waals surface area (Å²) in [5.41, 5.74) is 1.43. The number of allylic oxidation sites excluding steroid dienone is 2. The van der Waals surface area contributed by atoms with Crippen molar-refractivity contribution >= 4 is 17.8 Å². The summed E-state index contributed by atoms with van der Waals surface area (Å²) < 4.78 is 5.34. The maximum absolute atomic E-state index is 12.7. The van der Waals surface area contributed by atoms with Gasteiger partial charge in [0.25, 0.3) is 0 Å². The molecule has 1 saturated carbocycles. The molecule has 2 fully saturated rings. The van der Waals surface area contributed by atoms with E-state index < -0.39 is 0 Å². The van der Waals surface area contributed by atoms with Gasteiger partial charge in [0.05, 0.1) is 25.0 Å². The van der Waals surface area contributed by atoms with E-state index in [-0.39, 0.29) is 35.5 Å². The van der Waals surface area contributed by atoms with Crippen LogP contribution in [0, 0.1) is 23.7 Å². The van der Waals surface area contributed by atoms with Crippen LogP contribution >= 0.6 is 0 Å². The lowest BCUT2D eigenvalue weighted by molar-refractivity contribution is -0.140. The number of imide groups is 1. The highest BCUT2D eigenvalue weighted by molar-refractivity contribution is 6.06. The molecular formula is C22H32N4O3. The van der Waals surface area contributed by atoms with Crippen molar-refractivity contribution in [3.63, 3.8) is 0 Å². The van der Waals surface area contributed by atoms with Crippen LogP contribution in [0.1, 0.15) is 32.6 Å². The second-order valence-electron chi connectivity index (χ2n) is 8.31. The van der Waals surface area contributed by atoms with Crippen LogP contribution in [-0.2, 0) is 14.3 Å². The summed E-state index contributed by atoms with van der Waals surface area (Å²) in [5, 5.41) is 6.63. The number of guanidine groups is 1. The molecule has 4 rings (SSSR count). The second-order valence-corrected chi connectivity index (χ2v) is 8.31. The molecular weight excluding hydrogens is 368 g/mol. The second kappa shape index (κ2) is 9.11. The topological polar surface area (TPSA) is 83.0 Å². The number of aliphatic imine (C=N–C) groups is 1. The molecule has 4 atom stereocenters. The minimum atomic E-state index is -0.0977. The van der Waals surface area contributed by atoms with E-state index in [1.54, 1.807) is 0 Å². The van der Waals surface area contributed by atoms with Gasteiger partial charge < -0.3 is 15.4 Å². The molecule has 0 aromatic heterocycles. The third-order valence-electron chi connectivity index (χ3n) is 6.51. The normalized spacial score (nSPS) is 30.7. The van der Waals surface area contributed by atoms with Crippen LogP contribution in [0.2, 0.25) is 0 Å². The Morgan fingerprint density at radius 3 is 2.62 bits per heavy atom. The van der Waals surface area contributed by atoms with Crippen LogP contribution in [0.3, 0.4) is 0 Å². The highest BCUT2D eigenvalue weighted by Crippen LogP contribution is 2.52. The van der Waals surface area contributed by atoms with Gasteiger partial charge in [0.15, 0.2) is 5.96 Å². The van der Waals surface area contributed by atoms with Crippen LogP contribution in [0.5, 0.6) is 0 Å². The van der Waals surface area contributed by atoms with E-state index >= 15 is 0 Å². The molecule has 2 amide bonds. The number of rotatable bonds is 8. The molecule has 0 aromatic rings. The Balaban J connectivity index is 1.22. The molecule has 0 aromatic carbocycles. The quantitative estimate of drug-likeness (QED) is 0.212. The summed E-state index contributed by atoms with van der Waals surface area (Å²) in [6.07, 6.45) is 10.1. The maximum atomic E-state index is 12.7. The number of likely N-dealkylation sites (tertiary alicyclic amines) is 1. The zero-order chi connectivity index (χ0) is 20.2. The zero-order valence-corrected chi connectivity index (χ0v) is 17.2. The average Bonchev–Trinajstić information content (AvgIpc) is 3.41. The Hall–Kier alpha value is -2.15. The van der Waals surface area contributed by atoms with Gasteiger partial charge in [-0.3, -0.25) is 19.5 Å². The predicted molar refractivity (Wildman–Crippen MR) is 111 cm³/mol. The fourth-order valence-electron chi connectivity index (χ4n) is 5.08. The van der Waals surface area contributed by atoms with E-state index in [1.807, 2.05) is 6.92 Å². The van der Waals surface area contributed by atoms with Crippen molar-refractivity contribution < 1.29 is 14.3 Å². The molecule has 4 aliphatic rings. The Morgan fingerprint density at radius 1 is 1.21 bits per heavy atom. The molecule has 0 spiro atoms. The lowest BCUT2D eigenvalue weighted by Gasteiger charge is -2.17. The zero-order valence-electron chi connectivity index (χ0n) is 17.2. The van der Waals surface area contributed by atoms with Gasteiger partial charge in [0, 0.05) is 26.2 Å². The van der Waals surface area contributed by atoms with Crippen molar-refractivity contribution in [2.24, 2.45) is 28.7 Å². The minimum absolute atomic E-state index is 0.0376. The van der Waals surface area contributed by atoms with E-state index in [0.29, 0.717) is 19.5 Å². The number of nitrogens with one attached hydrogen (secondary N) is 2. The Morgan fingerprint density at radius 2 is 1.97 bits per heavy atom. The molecule has 0 radical (unpaired) electrons. The first kappa shape index (κ1) is 20.1. The summed E-state index contributed by atoms with van der Waals surface area (Å²) in [4.78, 5) is 31.5. The first-order chi connectivity index (χ1) is 14.2. The standard InChI is InChI=1S/C22H32N4O3/c1-2-23-22(25-10-6-15-7-12-29-13-8-15)24-9-3-11-26-20(27)18-16-4-5-17(14-16)19(18)21(26)28/h4-5,7,16-19H,2-3,6,8-14H2,1H3,(H2,23,24,25). The monoisotopic (exact) mass is 400 g/mol. The van der Waals surface area contributed by atoms with Crippen LogP contribution in [-0.4, -0.2) is 62.1 Å². The average molecular weight is 401 g/mol. The highest BCUT2D eigenvalue weighted by Gasteiger charge is 2.58. The van der Waals surface area contributed by atoms with Crippen molar-refractivity contribution in [1.29, 1.82) is 0 Å². The fourth-order valence-corrected chi connectivity index (χ4v) is 5.08. The molecule has 2 aliphatic carbocycles. The lowest BCUT2D eigenvalue weighted by atomic mass is 9.85. The number of ether oxygens (including phenoxy) is 1. The number of amides is 2. The number of carbonyl (C=O) groups is 2.